The zero-order chi connectivity index (χ0) is 20.1. The molecule has 1 heterocycles. The van der Waals surface area contributed by atoms with Crippen molar-refractivity contribution in [3.8, 4) is 11.3 Å². The van der Waals surface area contributed by atoms with Crippen molar-refractivity contribution in [1.82, 2.24) is 9.97 Å². The van der Waals surface area contributed by atoms with Crippen LogP contribution in [-0.2, 0) is 11.0 Å². The van der Waals surface area contributed by atoms with Gasteiger partial charge in [-0.3, -0.25) is 4.79 Å². The van der Waals surface area contributed by atoms with E-state index in [0.717, 1.165) is 23.4 Å². The molecule has 0 spiro atoms. The zero-order valence-corrected chi connectivity index (χ0v) is 15.6. The Morgan fingerprint density at radius 1 is 1.04 bits per heavy atom. The predicted molar refractivity (Wildman–Crippen MR) is 103 cm³/mol. The van der Waals surface area contributed by atoms with E-state index in [4.69, 9.17) is 0 Å². The first kappa shape index (κ1) is 19.9. The highest BCUT2D eigenvalue weighted by atomic mass is 32.2. The topological polar surface area (TPSA) is 54.9 Å². The minimum absolute atomic E-state index is 0.103. The van der Waals surface area contributed by atoms with E-state index in [9.17, 15) is 18.0 Å². The number of nitrogens with zero attached hydrogens (tertiary/aromatic N) is 2. The van der Waals surface area contributed by atoms with Gasteiger partial charge in [-0.2, -0.15) is 13.2 Å². The van der Waals surface area contributed by atoms with E-state index < -0.39 is 11.9 Å². The van der Waals surface area contributed by atoms with Crippen molar-refractivity contribution >= 4 is 23.4 Å². The Hall–Kier alpha value is -2.87. The first-order chi connectivity index (χ1) is 13.3. The molecule has 1 aromatic heterocycles. The highest BCUT2D eigenvalue weighted by Crippen LogP contribution is 2.32. The van der Waals surface area contributed by atoms with Gasteiger partial charge < -0.3 is 5.32 Å². The van der Waals surface area contributed by atoms with Crippen molar-refractivity contribution in [2.24, 2.45) is 0 Å². The standard InChI is InChI=1S/C20H16F3N3OS/c1-13-7-5-6-10-15(13)24-18(27)12-28-19-25-16(14-8-3-2-4-9-14)11-17(26-19)20(21,22)23/h2-11H,12H2,1H3,(H,24,27). The fraction of sp³-hybridized carbons (Fsp3) is 0.150. The van der Waals surface area contributed by atoms with Crippen molar-refractivity contribution < 1.29 is 18.0 Å². The Morgan fingerprint density at radius 2 is 1.71 bits per heavy atom. The van der Waals surface area contributed by atoms with Gasteiger partial charge in [0.05, 0.1) is 11.4 Å². The molecule has 0 bridgehead atoms. The number of hydrogen-bond donors (Lipinski definition) is 1. The summed E-state index contributed by atoms with van der Waals surface area (Å²) in [5, 5.41) is 2.63. The minimum Gasteiger partial charge on any atom is -0.325 e. The Labute approximate surface area is 164 Å². The molecule has 0 atom stereocenters. The van der Waals surface area contributed by atoms with Crippen molar-refractivity contribution in [2.75, 3.05) is 11.1 Å². The van der Waals surface area contributed by atoms with Crippen molar-refractivity contribution in [1.29, 1.82) is 0 Å². The van der Waals surface area contributed by atoms with E-state index in [1.165, 1.54) is 0 Å². The van der Waals surface area contributed by atoms with Crippen molar-refractivity contribution in [3.63, 3.8) is 0 Å². The van der Waals surface area contributed by atoms with Crippen LogP contribution in [0, 0.1) is 6.92 Å². The SMILES string of the molecule is Cc1ccccc1NC(=O)CSc1nc(-c2ccccc2)cc(C(F)(F)F)n1. The van der Waals surface area contributed by atoms with Gasteiger partial charge in [-0.15, -0.1) is 0 Å². The normalized spacial score (nSPS) is 11.3. The molecule has 0 saturated carbocycles. The molecule has 8 heteroatoms. The quantitative estimate of drug-likeness (QED) is 0.470. The lowest BCUT2D eigenvalue weighted by atomic mass is 10.1. The van der Waals surface area contributed by atoms with Crippen molar-refractivity contribution in [3.05, 3.63) is 71.9 Å². The molecule has 1 N–H and O–H groups in total. The number of carbonyl (C=O) groups excluding carboxylic acids is 1. The van der Waals surface area contributed by atoms with Crippen LogP contribution in [0.1, 0.15) is 11.3 Å². The van der Waals surface area contributed by atoms with Crippen LogP contribution >= 0.6 is 11.8 Å². The van der Waals surface area contributed by atoms with E-state index in [1.54, 1.807) is 42.5 Å². The molecule has 0 unspecified atom stereocenters. The summed E-state index contributed by atoms with van der Waals surface area (Å²) in [5.41, 5.74) is 1.21. The molecule has 0 fully saturated rings. The Kier molecular flexibility index (Phi) is 5.99. The summed E-state index contributed by atoms with van der Waals surface area (Å²) in [6, 6.07) is 16.7. The number of hydrogen-bond acceptors (Lipinski definition) is 4. The van der Waals surface area contributed by atoms with Crippen LogP contribution in [-0.4, -0.2) is 21.6 Å². The van der Waals surface area contributed by atoms with Gasteiger partial charge in [-0.1, -0.05) is 60.3 Å². The van der Waals surface area contributed by atoms with Crippen LogP contribution in [0.15, 0.2) is 65.8 Å². The molecule has 0 aliphatic heterocycles. The van der Waals surface area contributed by atoms with Gasteiger partial charge in [0.2, 0.25) is 5.91 Å². The van der Waals surface area contributed by atoms with E-state index in [-0.39, 0.29) is 22.5 Å². The maximum atomic E-state index is 13.2. The number of benzene rings is 2. The maximum absolute atomic E-state index is 13.2. The molecule has 0 aliphatic carbocycles. The van der Waals surface area contributed by atoms with Crippen LogP contribution < -0.4 is 5.32 Å². The number of para-hydroxylation sites is 1. The molecule has 144 valence electrons. The molecule has 4 nitrogen and oxygen atoms in total. The van der Waals surface area contributed by atoms with Gasteiger partial charge >= 0.3 is 6.18 Å². The van der Waals surface area contributed by atoms with Gasteiger partial charge in [-0.05, 0) is 24.6 Å². The molecule has 0 radical (unpaired) electrons. The molecule has 0 aliphatic rings. The van der Waals surface area contributed by atoms with Crippen LogP contribution in [0.25, 0.3) is 11.3 Å². The number of amides is 1. The monoisotopic (exact) mass is 403 g/mol. The van der Waals surface area contributed by atoms with E-state index in [1.807, 2.05) is 19.1 Å². The maximum Gasteiger partial charge on any atom is 0.433 e. The third kappa shape index (κ3) is 5.10. The molecule has 3 aromatic rings. The molecular weight excluding hydrogens is 387 g/mol. The molecule has 3 rings (SSSR count). The summed E-state index contributed by atoms with van der Waals surface area (Å²) < 4.78 is 39.6. The molecular formula is C20H16F3N3OS. The number of aromatic nitrogens is 2. The fourth-order valence-electron chi connectivity index (χ4n) is 2.42. The van der Waals surface area contributed by atoms with Crippen molar-refractivity contribution in [2.45, 2.75) is 18.3 Å². The van der Waals surface area contributed by atoms with E-state index in [0.29, 0.717) is 11.3 Å². The highest BCUT2D eigenvalue weighted by Gasteiger charge is 2.34. The summed E-state index contributed by atoms with van der Waals surface area (Å²) in [5.74, 6) is -0.453. The van der Waals surface area contributed by atoms with Gasteiger partial charge in [0, 0.05) is 11.3 Å². The average Bonchev–Trinajstić information content (AvgIpc) is 2.68. The fourth-order valence-corrected chi connectivity index (χ4v) is 3.08. The third-order valence-corrected chi connectivity index (χ3v) is 4.66. The summed E-state index contributed by atoms with van der Waals surface area (Å²) >= 11 is 0.858. The smallest absolute Gasteiger partial charge is 0.325 e. The minimum atomic E-state index is -4.61. The number of halogens is 3. The van der Waals surface area contributed by atoms with Gasteiger partial charge in [-0.25, -0.2) is 9.97 Å². The lowest BCUT2D eigenvalue weighted by Crippen LogP contribution is -2.15. The summed E-state index contributed by atoms with van der Waals surface area (Å²) in [6.45, 7) is 1.85. The third-order valence-electron chi connectivity index (χ3n) is 3.82. The number of carbonyl (C=O) groups is 1. The van der Waals surface area contributed by atoms with Gasteiger partial charge in [0.1, 0.15) is 5.69 Å². The Morgan fingerprint density at radius 3 is 2.39 bits per heavy atom. The number of alkyl halides is 3. The van der Waals surface area contributed by atoms with Gasteiger partial charge in [0.25, 0.3) is 0 Å². The van der Waals surface area contributed by atoms with E-state index in [2.05, 4.69) is 15.3 Å². The molecule has 28 heavy (non-hydrogen) atoms. The number of aryl methyl sites for hydroxylation is 1. The molecule has 2 aromatic carbocycles. The van der Waals surface area contributed by atoms with Crippen LogP contribution in [0.4, 0.5) is 18.9 Å². The summed E-state index contributed by atoms with van der Waals surface area (Å²) in [6.07, 6.45) is -4.61. The average molecular weight is 403 g/mol. The number of nitrogens with one attached hydrogen (secondary N) is 1. The number of thioether (sulfide) groups is 1. The lowest BCUT2D eigenvalue weighted by Gasteiger charge is -2.11. The predicted octanol–water partition coefficient (Wildman–Crippen LogP) is 5.20. The van der Waals surface area contributed by atoms with E-state index >= 15 is 0 Å². The van der Waals surface area contributed by atoms with Crippen LogP contribution in [0.2, 0.25) is 0 Å². The van der Waals surface area contributed by atoms with Gasteiger partial charge in [0.15, 0.2) is 5.16 Å². The Balaban J connectivity index is 1.79. The largest absolute Gasteiger partial charge is 0.433 e. The highest BCUT2D eigenvalue weighted by molar-refractivity contribution is 7.99. The first-order valence-electron chi connectivity index (χ1n) is 8.33. The molecule has 0 saturated heterocycles. The number of anilines is 1. The second-order valence-electron chi connectivity index (χ2n) is 5.94. The second-order valence-corrected chi connectivity index (χ2v) is 6.88. The summed E-state index contributed by atoms with van der Waals surface area (Å²) in [4.78, 5) is 19.9. The van der Waals surface area contributed by atoms with Crippen LogP contribution in [0.3, 0.4) is 0 Å². The summed E-state index contributed by atoms with van der Waals surface area (Å²) in [7, 11) is 0. The first-order valence-corrected chi connectivity index (χ1v) is 9.31. The number of rotatable bonds is 5. The van der Waals surface area contributed by atoms with Crippen LogP contribution in [0.5, 0.6) is 0 Å². The second kappa shape index (κ2) is 8.43. The Bertz CT molecular complexity index is 978. The lowest BCUT2D eigenvalue weighted by molar-refractivity contribution is -0.141. The zero-order valence-electron chi connectivity index (χ0n) is 14.8. The molecule has 1 amide bonds.